The molecule has 208 valence electrons. The Labute approximate surface area is 210 Å². The summed E-state index contributed by atoms with van der Waals surface area (Å²) in [6.45, 7) is 18.7. The molecule has 1 amide bonds. The van der Waals surface area contributed by atoms with Crippen LogP contribution in [0.1, 0.15) is 27.7 Å². The van der Waals surface area contributed by atoms with Crippen LogP contribution in [-0.4, -0.2) is 117 Å². The first kappa shape index (κ1) is 33.5. The maximum atomic E-state index is 11.4. The van der Waals surface area contributed by atoms with E-state index < -0.39 is 11.7 Å². The maximum Gasteiger partial charge on any atom is 0.407 e. The first-order valence-electron chi connectivity index (χ1n) is 12.1. The second kappa shape index (κ2) is 24.2. The second-order valence-corrected chi connectivity index (χ2v) is 8.27. The summed E-state index contributed by atoms with van der Waals surface area (Å²) in [4.78, 5) is 11.4. The van der Waals surface area contributed by atoms with E-state index in [0.717, 1.165) is 0 Å². The Kier molecular flexibility index (Phi) is 23.2. The summed E-state index contributed by atoms with van der Waals surface area (Å²) >= 11 is 0. The molecule has 0 aliphatic heterocycles. The highest BCUT2D eigenvalue weighted by molar-refractivity contribution is 5.67. The highest BCUT2D eigenvalue weighted by Gasteiger charge is 2.15. The fourth-order valence-electron chi connectivity index (χ4n) is 2.24. The average Bonchev–Trinajstić information content (AvgIpc) is 2.77. The van der Waals surface area contributed by atoms with Crippen LogP contribution in [0.5, 0.6) is 0 Å². The molecule has 0 heterocycles. The van der Waals surface area contributed by atoms with Crippen LogP contribution in [0.25, 0.3) is 0 Å². The van der Waals surface area contributed by atoms with Gasteiger partial charge in [0, 0.05) is 6.54 Å². The molecular formula is C24H47NO10. The normalized spacial score (nSPS) is 11.4. The molecule has 0 saturated heterocycles. The lowest BCUT2D eigenvalue weighted by Crippen LogP contribution is -2.34. The predicted molar refractivity (Wildman–Crippen MR) is 131 cm³/mol. The summed E-state index contributed by atoms with van der Waals surface area (Å²) in [6, 6.07) is 0. The van der Waals surface area contributed by atoms with Crippen LogP contribution < -0.4 is 5.32 Å². The lowest BCUT2D eigenvalue weighted by molar-refractivity contribution is -0.0218. The van der Waals surface area contributed by atoms with E-state index in [9.17, 15) is 4.79 Å². The molecule has 0 atom stereocenters. The molecule has 0 aliphatic rings. The van der Waals surface area contributed by atoms with Crippen molar-refractivity contribution in [2.75, 3.05) is 106 Å². The van der Waals surface area contributed by atoms with Crippen LogP contribution in [0.2, 0.25) is 0 Å². The van der Waals surface area contributed by atoms with Gasteiger partial charge in [0.15, 0.2) is 0 Å². The Hall–Kier alpha value is -1.47. The molecule has 0 saturated carbocycles. The molecule has 0 spiro atoms. The standard InChI is InChI=1S/C24H47NO10/c1-22(2)34-21-20-33-19-18-32-17-16-31-15-14-30-13-12-29-11-10-28-9-8-27-7-6-25-23(26)35-24(3,4)5/h1,6-21H2,2-5H3,(H,25,26). The molecular weight excluding hydrogens is 462 g/mol. The van der Waals surface area contributed by atoms with Crippen LogP contribution in [-0.2, 0) is 42.6 Å². The van der Waals surface area contributed by atoms with Gasteiger partial charge in [0.25, 0.3) is 0 Å². The minimum atomic E-state index is -0.505. The van der Waals surface area contributed by atoms with Crippen molar-refractivity contribution in [2.24, 2.45) is 0 Å². The van der Waals surface area contributed by atoms with Crippen LogP contribution in [0.4, 0.5) is 4.79 Å². The Morgan fingerprint density at radius 1 is 0.600 bits per heavy atom. The number of ether oxygens (including phenoxy) is 9. The summed E-state index contributed by atoms with van der Waals surface area (Å²) in [5.41, 5.74) is -0.505. The van der Waals surface area contributed by atoms with Gasteiger partial charge in [0.2, 0.25) is 0 Å². The fourth-order valence-corrected chi connectivity index (χ4v) is 2.24. The van der Waals surface area contributed by atoms with Gasteiger partial charge < -0.3 is 47.9 Å². The zero-order valence-electron chi connectivity index (χ0n) is 22.1. The molecule has 0 bridgehead atoms. The van der Waals surface area contributed by atoms with Gasteiger partial charge in [-0.05, 0) is 27.7 Å². The number of alkyl carbamates (subject to hydrolysis) is 1. The minimum absolute atomic E-state index is 0.388. The van der Waals surface area contributed by atoms with Gasteiger partial charge in [-0.15, -0.1) is 0 Å². The smallest absolute Gasteiger partial charge is 0.407 e. The Balaban J connectivity index is 3.11. The van der Waals surface area contributed by atoms with Crippen molar-refractivity contribution in [1.82, 2.24) is 5.32 Å². The average molecular weight is 510 g/mol. The monoisotopic (exact) mass is 509 g/mol. The number of carbonyl (C=O) groups excluding carboxylic acids is 1. The molecule has 0 aliphatic carbocycles. The van der Waals surface area contributed by atoms with Crippen molar-refractivity contribution in [3.05, 3.63) is 12.3 Å². The van der Waals surface area contributed by atoms with Crippen molar-refractivity contribution in [3.8, 4) is 0 Å². The summed E-state index contributed by atoms with van der Waals surface area (Å²) < 4.78 is 48.1. The Morgan fingerprint density at radius 3 is 1.23 bits per heavy atom. The third-order valence-electron chi connectivity index (χ3n) is 3.72. The summed E-state index contributed by atoms with van der Waals surface area (Å²) in [6.07, 6.45) is -0.449. The number of hydrogen-bond acceptors (Lipinski definition) is 10. The molecule has 0 aromatic heterocycles. The van der Waals surface area contributed by atoms with Gasteiger partial charge in [-0.2, -0.15) is 0 Å². The maximum absolute atomic E-state index is 11.4. The van der Waals surface area contributed by atoms with E-state index in [1.165, 1.54) is 0 Å². The molecule has 0 fully saturated rings. The van der Waals surface area contributed by atoms with Gasteiger partial charge in [-0.1, -0.05) is 6.58 Å². The van der Waals surface area contributed by atoms with Crippen molar-refractivity contribution in [1.29, 1.82) is 0 Å². The molecule has 11 heteroatoms. The largest absolute Gasteiger partial charge is 0.496 e. The van der Waals surface area contributed by atoms with E-state index in [1.807, 2.05) is 20.8 Å². The summed E-state index contributed by atoms with van der Waals surface area (Å²) in [5, 5.41) is 2.62. The SMILES string of the molecule is C=C(C)OCCOCCOCCOCCOCCOCCOCCOCCNC(=O)OC(C)(C)C. The minimum Gasteiger partial charge on any atom is -0.496 e. The molecule has 1 N–H and O–H groups in total. The quantitative estimate of drug-likeness (QED) is 0.145. The van der Waals surface area contributed by atoms with E-state index in [4.69, 9.17) is 42.6 Å². The van der Waals surface area contributed by atoms with Crippen LogP contribution in [0.3, 0.4) is 0 Å². The lowest BCUT2D eigenvalue weighted by atomic mass is 10.2. The van der Waals surface area contributed by atoms with E-state index in [1.54, 1.807) is 6.92 Å². The second-order valence-electron chi connectivity index (χ2n) is 8.27. The number of carbonyl (C=O) groups is 1. The molecule has 0 aromatic rings. The number of allylic oxidation sites excluding steroid dienone is 1. The van der Waals surface area contributed by atoms with Crippen molar-refractivity contribution in [3.63, 3.8) is 0 Å². The van der Waals surface area contributed by atoms with Gasteiger partial charge in [0.05, 0.1) is 98.3 Å². The van der Waals surface area contributed by atoms with Crippen LogP contribution in [0.15, 0.2) is 12.3 Å². The van der Waals surface area contributed by atoms with Gasteiger partial charge in [-0.25, -0.2) is 4.79 Å². The van der Waals surface area contributed by atoms with Crippen molar-refractivity contribution < 1.29 is 47.4 Å². The Morgan fingerprint density at radius 2 is 0.914 bits per heavy atom. The predicted octanol–water partition coefficient (Wildman–Crippen LogP) is 2.18. The number of rotatable bonds is 25. The van der Waals surface area contributed by atoms with Gasteiger partial charge in [-0.3, -0.25) is 0 Å². The molecule has 0 rings (SSSR count). The van der Waals surface area contributed by atoms with E-state index >= 15 is 0 Å². The molecule has 0 unspecified atom stereocenters. The van der Waals surface area contributed by atoms with E-state index in [2.05, 4.69) is 11.9 Å². The topological polar surface area (TPSA) is 112 Å². The molecule has 0 radical (unpaired) electrons. The van der Waals surface area contributed by atoms with Gasteiger partial charge >= 0.3 is 6.09 Å². The van der Waals surface area contributed by atoms with Crippen LogP contribution in [0, 0.1) is 0 Å². The lowest BCUT2D eigenvalue weighted by Gasteiger charge is -2.19. The zero-order chi connectivity index (χ0) is 26.0. The molecule has 0 aromatic carbocycles. The highest BCUT2D eigenvalue weighted by Crippen LogP contribution is 2.06. The van der Waals surface area contributed by atoms with E-state index in [0.29, 0.717) is 111 Å². The third kappa shape index (κ3) is 30.5. The number of nitrogens with one attached hydrogen (secondary N) is 1. The summed E-state index contributed by atoms with van der Waals surface area (Å²) in [5.74, 6) is 0.686. The first-order chi connectivity index (χ1) is 16.8. The van der Waals surface area contributed by atoms with Crippen molar-refractivity contribution >= 4 is 6.09 Å². The fraction of sp³-hybridized carbons (Fsp3) is 0.875. The summed E-state index contributed by atoms with van der Waals surface area (Å²) in [7, 11) is 0. The highest BCUT2D eigenvalue weighted by atomic mass is 16.6. The number of hydrogen-bond donors (Lipinski definition) is 1. The third-order valence-corrected chi connectivity index (χ3v) is 3.72. The molecule has 11 nitrogen and oxygen atoms in total. The van der Waals surface area contributed by atoms with Gasteiger partial charge in [0.1, 0.15) is 12.2 Å². The van der Waals surface area contributed by atoms with Crippen LogP contribution >= 0.6 is 0 Å². The molecule has 35 heavy (non-hydrogen) atoms. The number of amides is 1. The Bertz CT molecular complexity index is 499. The van der Waals surface area contributed by atoms with Crippen molar-refractivity contribution in [2.45, 2.75) is 33.3 Å². The van der Waals surface area contributed by atoms with E-state index in [-0.39, 0.29) is 0 Å². The zero-order valence-corrected chi connectivity index (χ0v) is 22.1. The first-order valence-corrected chi connectivity index (χ1v) is 12.1.